The second-order valence-corrected chi connectivity index (χ2v) is 6.30. The quantitative estimate of drug-likeness (QED) is 0.266. The molecule has 1 heterocycles. The summed E-state index contributed by atoms with van der Waals surface area (Å²) in [6.45, 7) is 0. The summed E-state index contributed by atoms with van der Waals surface area (Å²) >= 11 is 1.09. The van der Waals surface area contributed by atoms with E-state index in [2.05, 4.69) is 15.5 Å². The molecule has 0 spiro atoms. The number of oxazole rings is 1. The number of nitrogens with one attached hydrogen (secondary N) is 1. The molecule has 3 rings (SSSR count). The van der Waals surface area contributed by atoms with E-state index in [1.807, 2.05) is 12.1 Å². The van der Waals surface area contributed by atoms with Crippen molar-refractivity contribution in [3.05, 3.63) is 52.1 Å². The molecule has 0 fully saturated rings. The van der Waals surface area contributed by atoms with Crippen LogP contribution in [0.4, 0.5) is 5.69 Å². The Kier molecular flexibility index (Phi) is 5.75. The lowest BCUT2D eigenvalue weighted by Crippen LogP contribution is -2.19. The fraction of sp³-hybridized carbons (Fsp3) is 0.118. The van der Waals surface area contributed by atoms with Gasteiger partial charge in [0.2, 0.25) is 0 Å². The summed E-state index contributed by atoms with van der Waals surface area (Å²) in [6, 6.07) is 9.42. The van der Waals surface area contributed by atoms with Gasteiger partial charge >= 0.3 is 0 Å². The van der Waals surface area contributed by atoms with Crippen molar-refractivity contribution in [1.29, 1.82) is 0 Å². The molecule has 11 heteroatoms. The van der Waals surface area contributed by atoms with Gasteiger partial charge in [0, 0.05) is 11.6 Å². The van der Waals surface area contributed by atoms with Gasteiger partial charge in [0.25, 0.3) is 16.8 Å². The Balaban J connectivity index is 1.61. The number of rotatable bonds is 7. The van der Waals surface area contributed by atoms with Crippen LogP contribution in [0.3, 0.4) is 0 Å². The smallest absolute Gasteiger partial charge is 0.274 e. The van der Waals surface area contributed by atoms with E-state index in [9.17, 15) is 20.0 Å². The van der Waals surface area contributed by atoms with Gasteiger partial charge in [0.15, 0.2) is 17.1 Å². The minimum atomic E-state index is -0.630. The second-order valence-electron chi connectivity index (χ2n) is 5.37. The Hall–Kier alpha value is -3.60. The molecule has 10 nitrogen and oxygen atoms in total. The van der Waals surface area contributed by atoms with Gasteiger partial charge in [-0.15, -0.1) is 0 Å². The van der Waals surface area contributed by atoms with Crippen LogP contribution in [0, 0.1) is 10.1 Å². The molecule has 0 radical (unpaired) electrons. The third-order valence-electron chi connectivity index (χ3n) is 3.51. The number of benzene rings is 2. The Bertz CT molecular complexity index is 1030. The van der Waals surface area contributed by atoms with Crippen molar-refractivity contribution >= 4 is 40.7 Å². The molecule has 0 aliphatic carbocycles. The largest absolute Gasteiger partial charge is 0.504 e. The number of methoxy groups -OCH3 is 1. The second kappa shape index (κ2) is 8.39. The van der Waals surface area contributed by atoms with Crippen LogP contribution in [-0.2, 0) is 4.79 Å². The summed E-state index contributed by atoms with van der Waals surface area (Å²) in [7, 11) is 1.27. The van der Waals surface area contributed by atoms with E-state index in [-0.39, 0.29) is 28.5 Å². The lowest BCUT2D eigenvalue weighted by Gasteiger charge is -2.05. The van der Waals surface area contributed by atoms with E-state index in [0.29, 0.717) is 16.3 Å². The van der Waals surface area contributed by atoms with Crippen LogP contribution in [0.15, 0.2) is 51.1 Å². The van der Waals surface area contributed by atoms with Gasteiger partial charge in [-0.2, -0.15) is 5.10 Å². The number of phenolic OH excluding ortho intramolecular Hbond substituents is 1. The number of fused-ring (bicyclic) bond motifs is 1. The number of carbonyl (C=O) groups is 1. The van der Waals surface area contributed by atoms with Gasteiger partial charge < -0.3 is 14.3 Å². The van der Waals surface area contributed by atoms with E-state index < -0.39 is 10.8 Å². The number of aromatic hydroxyl groups is 1. The first-order valence-electron chi connectivity index (χ1n) is 7.83. The highest BCUT2D eigenvalue weighted by Crippen LogP contribution is 2.33. The number of amides is 1. The normalized spacial score (nSPS) is 11.0. The Labute approximate surface area is 162 Å². The number of carbonyl (C=O) groups excluding carboxylic acids is 1. The zero-order valence-electron chi connectivity index (χ0n) is 14.5. The SMILES string of the molecule is COc1cc([N+](=O)[O-])cc(/C=N/NC(=O)CSc2nc3ccccc3o2)c1O. The summed E-state index contributed by atoms with van der Waals surface area (Å²) in [5.74, 6) is -0.852. The summed E-state index contributed by atoms with van der Waals surface area (Å²) in [6.07, 6.45) is 1.09. The first-order chi connectivity index (χ1) is 13.5. The number of ether oxygens (including phenoxy) is 1. The van der Waals surface area contributed by atoms with Gasteiger partial charge in [-0.05, 0) is 12.1 Å². The number of phenols is 1. The van der Waals surface area contributed by atoms with Crippen LogP contribution in [0.5, 0.6) is 11.5 Å². The maximum Gasteiger partial charge on any atom is 0.274 e. The highest BCUT2D eigenvalue weighted by Gasteiger charge is 2.16. The summed E-state index contributed by atoms with van der Waals surface area (Å²) in [5.41, 5.74) is 3.33. The lowest BCUT2D eigenvalue weighted by molar-refractivity contribution is -0.385. The molecular formula is C17H14N4O6S. The highest BCUT2D eigenvalue weighted by molar-refractivity contribution is 7.99. The molecule has 3 aromatic rings. The van der Waals surface area contributed by atoms with Gasteiger partial charge in [-0.1, -0.05) is 23.9 Å². The molecule has 0 bridgehead atoms. The number of nitrogens with zero attached hydrogens (tertiary/aromatic N) is 3. The molecular weight excluding hydrogens is 388 g/mol. The number of hydrogen-bond acceptors (Lipinski definition) is 9. The number of nitro benzene ring substituents is 1. The van der Waals surface area contributed by atoms with Crippen molar-refractivity contribution in [2.45, 2.75) is 5.22 Å². The van der Waals surface area contributed by atoms with Crippen LogP contribution in [0.2, 0.25) is 0 Å². The number of non-ortho nitro benzene ring substituents is 1. The first kappa shape index (κ1) is 19.2. The minimum Gasteiger partial charge on any atom is -0.504 e. The molecule has 2 aromatic carbocycles. The predicted octanol–water partition coefficient (Wildman–Crippen LogP) is 2.69. The van der Waals surface area contributed by atoms with Crippen LogP contribution in [-0.4, -0.2) is 40.0 Å². The molecule has 2 N–H and O–H groups in total. The third kappa shape index (κ3) is 4.38. The number of hydrogen-bond donors (Lipinski definition) is 2. The number of aromatic nitrogens is 1. The highest BCUT2D eigenvalue weighted by atomic mass is 32.2. The molecule has 0 saturated carbocycles. The molecule has 1 amide bonds. The fourth-order valence-corrected chi connectivity index (χ4v) is 2.85. The monoisotopic (exact) mass is 402 g/mol. The van der Waals surface area contributed by atoms with Gasteiger partial charge in [-0.25, -0.2) is 10.4 Å². The topological polar surface area (TPSA) is 140 Å². The van der Waals surface area contributed by atoms with E-state index in [0.717, 1.165) is 30.1 Å². The van der Waals surface area contributed by atoms with Crippen LogP contribution < -0.4 is 10.2 Å². The first-order valence-corrected chi connectivity index (χ1v) is 8.82. The van der Waals surface area contributed by atoms with Crippen LogP contribution >= 0.6 is 11.8 Å². The predicted molar refractivity (Wildman–Crippen MR) is 102 cm³/mol. The van der Waals surface area contributed by atoms with Gasteiger partial charge in [-0.3, -0.25) is 14.9 Å². The van der Waals surface area contributed by atoms with Gasteiger partial charge in [0.05, 0.1) is 30.1 Å². The summed E-state index contributed by atoms with van der Waals surface area (Å²) < 4.78 is 10.4. The molecule has 1 aromatic heterocycles. The maximum absolute atomic E-state index is 11.9. The Morgan fingerprint density at radius 2 is 2.25 bits per heavy atom. The van der Waals surface area contributed by atoms with Crippen molar-refractivity contribution in [3.8, 4) is 11.5 Å². The van der Waals surface area contributed by atoms with E-state index in [1.165, 1.54) is 7.11 Å². The number of thioether (sulfide) groups is 1. The molecule has 0 aliphatic rings. The Morgan fingerprint density at radius 3 is 2.96 bits per heavy atom. The summed E-state index contributed by atoms with van der Waals surface area (Å²) in [5, 5.41) is 25.0. The van der Waals surface area contributed by atoms with Crippen molar-refractivity contribution in [3.63, 3.8) is 0 Å². The molecule has 144 valence electrons. The van der Waals surface area contributed by atoms with Crippen molar-refractivity contribution in [2.24, 2.45) is 5.10 Å². The molecule has 0 unspecified atom stereocenters. The van der Waals surface area contributed by atoms with E-state index in [1.54, 1.807) is 12.1 Å². The average Bonchev–Trinajstić information content (AvgIpc) is 3.10. The van der Waals surface area contributed by atoms with Crippen molar-refractivity contribution < 1.29 is 24.0 Å². The number of hydrazone groups is 1. The maximum atomic E-state index is 11.9. The molecule has 0 atom stereocenters. The minimum absolute atomic E-state index is 0.00555. The fourth-order valence-electron chi connectivity index (χ4n) is 2.22. The number of nitro groups is 1. The molecule has 0 aliphatic heterocycles. The Morgan fingerprint density at radius 1 is 1.46 bits per heavy atom. The molecule has 0 saturated heterocycles. The molecule has 28 heavy (non-hydrogen) atoms. The summed E-state index contributed by atoms with van der Waals surface area (Å²) in [4.78, 5) is 26.4. The van der Waals surface area contributed by atoms with Gasteiger partial charge in [0.1, 0.15) is 5.52 Å². The standard InChI is InChI=1S/C17H14N4O6S/c1-26-14-7-11(21(24)25)6-10(16(14)23)8-18-20-15(22)9-28-17-19-12-4-2-3-5-13(12)27-17/h2-8,23H,9H2,1H3,(H,20,22)/b18-8+. The lowest BCUT2D eigenvalue weighted by atomic mass is 10.2. The third-order valence-corrected chi connectivity index (χ3v) is 4.34. The average molecular weight is 402 g/mol. The number of para-hydroxylation sites is 2. The van der Waals surface area contributed by atoms with Crippen molar-refractivity contribution in [2.75, 3.05) is 12.9 Å². The van der Waals surface area contributed by atoms with E-state index in [4.69, 9.17) is 9.15 Å². The van der Waals surface area contributed by atoms with Crippen LogP contribution in [0.25, 0.3) is 11.1 Å². The van der Waals surface area contributed by atoms with Crippen molar-refractivity contribution in [1.82, 2.24) is 10.4 Å². The van der Waals surface area contributed by atoms with Crippen LogP contribution in [0.1, 0.15) is 5.56 Å². The zero-order valence-corrected chi connectivity index (χ0v) is 15.3. The van der Waals surface area contributed by atoms with E-state index >= 15 is 0 Å². The zero-order chi connectivity index (χ0) is 20.1.